The Morgan fingerprint density at radius 2 is 1.96 bits per heavy atom. The predicted octanol–water partition coefficient (Wildman–Crippen LogP) is 4.28. The summed E-state index contributed by atoms with van der Waals surface area (Å²) in [6.07, 6.45) is 1.79. The van der Waals surface area contributed by atoms with Gasteiger partial charge < -0.3 is 10.1 Å². The number of aromatic nitrogens is 1. The van der Waals surface area contributed by atoms with E-state index in [1.165, 1.54) is 34.8 Å². The van der Waals surface area contributed by atoms with Crippen LogP contribution in [0, 0.1) is 0 Å². The molecule has 0 saturated heterocycles. The summed E-state index contributed by atoms with van der Waals surface area (Å²) in [5.74, 6) is -1.04. The summed E-state index contributed by atoms with van der Waals surface area (Å²) in [4.78, 5) is 40.4. The lowest BCUT2D eigenvalue weighted by Crippen LogP contribution is -2.32. The van der Waals surface area contributed by atoms with Crippen molar-refractivity contribution in [3.8, 4) is 0 Å². The van der Waals surface area contributed by atoms with Crippen LogP contribution in [0.3, 0.4) is 0 Å². The Labute approximate surface area is 169 Å². The van der Waals surface area contributed by atoms with Crippen LogP contribution in [0.5, 0.6) is 0 Å². The third-order valence-corrected chi connectivity index (χ3v) is 5.22. The number of carbonyl (C=O) groups excluding carboxylic acids is 3. The number of para-hydroxylation sites is 1. The topological polar surface area (TPSA) is 97.4 Å². The highest BCUT2D eigenvalue weighted by molar-refractivity contribution is 7.19. The fourth-order valence-corrected chi connectivity index (χ4v) is 3.91. The van der Waals surface area contributed by atoms with Crippen LogP contribution in [-0.4, -0.2) is 29.0 Å². The first-order valence-electron chi connectivity index (χ1n) is 8.36. The molecule has 3 amide bonds. The highest BCUT2D eigenvalue weighted by Crippen LogP contribution is 2.24. The molecule has 0 spiro atoms. The van der Waals surface area contributed by atoms with Gasteiger partial charge in [-0.1, -0.05) is 12.1 Å². The number of benzene rings is 1. The minimum atomic E-state index is -0.834. The molecule has 0 fully saturated rings. The number of carbonyl (C=O) groups is 3. The zero-order chi connectivity index (χ0) is 20.1. The molecule has 0 aliphatic carbocycles. The smallest absolute Gasteiger partial charge is 0.414 e. The van der Waals surface area contributed by atoms with E-state index in [1.807, 2.05) is 24.3 Å². The Balaban J connectivity index is 1.64. The van der Waals surface area contributed by atoms with Crippen LogP contribution < -0.4 is 10.6 Å². The van der Waals surface area contributed by atoms with Gasteiger partial charge in [0.2, 0.25) is 5.91 Å². The second-order valence-electron chi connectivity index (χ2n) is 5.91. The number of hydrogen-bond acceptors (Lipinski definition) is 7. The van der Waals surface area contributed by atoms with Gasteiger partial charge in [0, 0.05) is 6.08 Å². The molecular weight excluding hydrogens is 398 g/mol. The fraction of sp³-hybridized carbons (Fsp3) is 0.158. The number of hydrogen-bond donors (Lipinski definition) is 2. The van der Waals surface area contributed by atoms with Crippen LogP contribution in [0.4, 0.5) is 9.80 Å². The molecule has 7 nitrogen and oxygen atoms in total. The summed E-state index contributed by atoms with van der Waals surface area (Å²) < 4.78 is 5.92. The molecule has 0 saturated carbocycles. The van der Waals surface area contributed by atoms with Crippen LogP contribution in [0.15, 0.2) is 41.8 Å². The quantitative estimate of drug-likeness (QED) is 0.606. The monoisotopic (exact) mass is 415 g/mol. The van der Waals surface area contributed by atoms with E-state index in [0.717, 1.165) is 10.2 Å². The number of ether oxygens (including phenoxy) is 1. The summed E-state index contributed by atoms with van der Waals surface area (Å²) in [6.45, 7) is 3.36. The summed E-state index contributed by atoms with van der Waals surface area (Å²) in [6, 6.07) is 9.23. The molecule has 2 heterocycles. The summed E-state index contributed by atoms with van der Waals surface area (Å²) >= 11 is 2.66. The van der Waals surface area contributed by atoms with Crippen LogP contribution in [-0.2, 0) is 9.53 Å². The average Bonchev–Trinajstić information content (AvgIpc) is 3.25. The molecular formula is C19H17N3O4S2. The van der Waals surface area contributed by atoms with Gasteiger partial charge in [-0.2, -0.15) is 0 Å². The maximum Gasteiger partial charge on any atom is 0.414 e. The van der Waals surface area contributed by atoms with E-state index in [9.17, 15) is 14.4 Å². The van der Waals surface area contributed by atoms with Crippen molar-refractivity contribution >= 4 is 61.9 Å². The van der Waals surface area contributed by atoms with Gasteiger partial charge in [-0.05, 0) is 43.5 Å². The number of anilines is 1. The van der Waals surface area contributed by atoms with Crippen LogP contribution >= 0.6 is 22.7 Å². The third kappa shape index (κ3) is 5.02. The molecule has 0 radical (unpaired) electrons. The van der Waals surface area contributed by atoms with Crippen molar-refractivity contribution in [3.63, 3.8) is 0 Å². The maximum absolute atomic E-state index is 12.2. The Bertz CT molecular complexity index is 1020. The SMILES string of the molecule is CC(C)OC(=O)NC(=O)c1ccsc1NC(=O)/C=C/c1nc2ccccc2s1. The van der Waals surface area contributed by atoms with E-state index in [0.29, 0.717) is 10.0 Å². The molecule has 2 aromatic heterocycles. The van der Waals surface area contributed by atoms with Gasteiger partial charge >= 0.3 is 6.09 Å². The van der Waals surface area contributed by atoms with Crippen molar-refractivity contribution < 1.29 is 19.1 Å². The van der Waals surface area contributed by atoms with E-state index in [1.54, 1.807) is 25.3 Å². The number of thiazole rings is 1. The number of imide groups is 1. The second kappa shape index (κ2) is 8.77. The molecule has 3 aromatic rings. The van der Waals surface area contributed by atoms with Crippen molar-refractivity contribution in [2.45, 2.75) is 20.0 Å². The zero-order valence-corrected chi connectivity index (χ0v) is 16.7. The highest BCUT2D eigenvalue weighted by Gasteiger charge is 2.18. The van der Waals surface area contributed by atoms with E-state index in [-0.39, 0.29) is 11.7 Å². The highest BCUT2D eigenvalue weighted by atomic mass is 32.1. The average molecular weight is 415 g/mol. The number of nitrogens with zero attached hydrogens (tertiary/aromatic N) is 1. The molecule has 2 N–H and O–H groups in total. The first kappa shape index (κ1) is 19.7. The lowest BCUT2D eigenvalue weighted by molar-refractivity contribution is -0.111. The van der Waals surface area contributed by atoms with Crippen molar-refractivity contribution in [2.75, 3.05) is 5.32 Å². The summed E-state index contributed by atoms with van der Waals surface area (Å²) in [5, 5.41) is 7.47. The molecule has 0 aliphatic heterocycles. The number of fused-ring (bicyclic) bond motifs is 1. The van der Waals surface area contributed by atoms with Crippen molar-refractivity contribution in [2.24, 2.45) is 0 Å². The Morgan fingerprint density at radius 3 is 2.71 bits per heavy atom. The number of thiophene rings is 1. The number of alkyl carbamates (subject to hydrolysis) is 1. The number of amides is 3. The van der Waals surface area contributed by atoms with Crippen molar-refractivity contribution in [3.05, 3.63) is 52.4 Å². The first-order chi connectivity index (χ1) is 13.4. The predicted molar refractivity (Wildman–Crippen MR) is 111 cm³/mol. The molecule has 0 unspecified atom stereocenters. The van der Waals surface area contributed by atoms with Gasteiger partial charge in [-0.15, -0.1) is 22.7 Å². The normalized spacial score (nSPS) is 11.1. The Hall–Kier alpha value is -3.04. The number of rotatable bonds is 5. The van der Waals surface area contributed by atoms with Crippen molar-refractivity contribution in [1.82, 2.24) is 10.3 Å². The van der Waals surface area contributed by atoms with E-state index in [2.05, 4.69) is 15.6 Å². The van der Waals surface area contributed by atoms with Crippen molar-refractivity contribution in [1.29, 1.82) is 0 Å². The zero-order valence-electron chi connectivity index (χ0n) is 15.1. The van der Waals surface area contributed by atoms with Gasteiger partial charge in [-0.3, -0.25) is 14.9 Å². The lowest BCUT2D eigenvalue weighted by atomic mass is 10.3. The second-order valence-corrected chi connectivity index (χ2v) is 7.89. The van der Waals surface area contributed by atoms with E-state index >= 15 is 0 Å². The van der Waals surface area contributed by atoms with Gasteiger partial charge in [0.1, 0.15) is 10.0 Å². The molecule has 144 valence electrons. The molecule has 1 aromatic carbocycles. The van der Waals surface area contributed by atoms with Crippen LogP contribution in [0.2, 0.25) is 0 Å². The minimum Gasteiger partial charge on any atom is -0.447 e. The molecule has 0 atom stereocenters. The minimum absolute atomic E-state index is 0.187. The molecule has 0 bridgehead atoms. The van der Waals surface area contributed by atoms with E-state index < -0.39 is 17.9 Å². The van der Waals surface area contributed by atoms with Gasteiger partial charge in [0.15, 0.2) is 0 Å². The summed E-state index contributed by atoms with van der Waals surface area (Å²) in [5.41, 5.74) is 1.06. The lowest BCUT2D eigenvalue weighted by Gasteiger charge is -2.09. The van der Waals surface area contributed by atoms with E-state index in [4.69, 9.17) is 4.74 Å². The van der Waals surface area contributed by atoms with Crippen LogP contribution in [0.25, 0.3) is 16.3 Å². The van der Waals surface area contributed by atoms with Gasteiger partial charge in [0.25, 0.3) is 5.91 Å². The largest absolute Gasteiger partial charge is 0.447 e. The molecule has 0 aliphatic rings. The fourth-order valence-electron chi connectivity index (χ4n) is 2.25. The van der Waals surface area contributed by atoms with Gasteiger partial charge in [0.05, 0.1) is 21.9 Å². The first-order valence-corrected chi connectivity index (χ1v) is 10.1. The molecule has 9 heteroatoms. The van der Waals surface area contributed by atoms with Gasteiger partial charge in [-0.25, -0.2) is 9.78 Å². The molecule has 28 heavy (non-hydrogen) atoms. The Kier molecular flexibility index (Phi) is 6.17. The van der Waals surface area contributed by atoms with Crippen LogP contribution in [0.1, 0.15) is 29.2 Å². The number of nitrogens with one attached hydrogen (secondary N) is 2. The summed E-state index contributed by atoms with van der Waals surface area (Å²) in [7, 11) is 0. The maximum atomic E-state index is 12.2. The Morgan fingerprint density at radius 1 is 1.18 bits per heavy atom. The third-order valence-electron chi connectivity index (χ3n) is 3.39. The standard InChI is InChI=1S/C19H17N3O4S2/c1-11(2)26-19(25)22-17(24)12-9-10-27-18(12)21-15(23)7-8-16-20-13-5-3-4-6-14(13)28-16/h3-11H,1-2H3,(H,21,23)(H,22,24,25)/b8-7+. The molecule has 3 rings (SSSR count).